The SMILES string of the molecule is Cc1c[nH]c(CNC(=O)CCc2nc(-c3ccco3)no2)c(C)c1=O. The number of aryl methyl sites for hydroxylation is 2. The van der Waals surface area contributed by atoms with Gasteiger partial charge in [-0.2, -0.15) is 4.98 Å². The van der Waals surface area contributed by atoms with Crippen LogP contribution >= 0.6 is 0 Å². The first-order valence-corrected chi connectivity index (χ1v) is 7.85. The highest BCUT2D eigenvalue weighted by atomic mass is 16.5. The molecular weight excluding hydrogens is 324 g/mol. The highest BCUT2D eigenvalue weighted by molar-refractivity contribution is 5.76. The average molecular weight is 342 g/mol. The van der Waals surface area contributed by atoms with Crippen LogP contribution in [-0.4, -0.2) is 21.0 Å². The van der Waals surface area contributed by atoms with Gasteiger partial charge in [-0.25, -0.2) is 0 Å². The summed E-state index contributed by atoms with van der Waals surface area (Å²) >= 11 is 0. The standard InChI is InChI=1S/C17H18N4O4/c1-10-8-18-12(11(2)16(10)23)9-19-14(22)5-6-15-20-17(21-25-15)13-4-3-7-24-13/h3-4,7-8H,5-6,9H2,1-2H3,(H,18,23)(H,19,22). The van der Waals surface area contributed by atoms with Crippen LogP contribution in [-0.2, 0) is 17.8 Å². The summed E-state index contributed by atoms with van der Waals surface area (Å²) in [5.74, 6) is 1.06. The molecule has 1 amide bonds. The highest BCUT2D eigenvalue weighted by Crippen LogP contribution is 2.16. The van der Waals surface area contributed by atoms with Crippen LogP contribution in [0.3, 0.4) is 0 Å². The van der Waals surface area contributed by atoms with E-state index >= 15 is 0 Å². The largest absolute Gasteiger partial charge is 0.461 e. The Morgan fingerprint density at radius 1 is 1.36 bits per heavy atom. The fourth-order valence-corrected chi connectivity index (χ4v) is 2.34. The van der Waals surface area contributed by atoms with Gasteiger partial charge in [0.15, 0.2) is 11.2 Å². The lowest BCUT2D eigenvalue weighted by Crippen LogP contribution is -2.25. The van der Waals surface area contributed by atoms with Crippen molar-refractivity contribution in [3.05, 3.63) is 57.5 Å². The van der Waals surface area contributed by atoms with Crippen LogP contribution < -0.4 is 10.7 Å². The number of aromatic amines is 1. The van der Waals surface area contributed by atoms with E-state index in [1.165, 1.54) is 6.26 Å². The lowest BCUT2D eigenvalue weighted by molar-refractivity contribution is -0.121. The van der Waals surface area contributed by atoms with Gasteiger partial charge in [-0.1, -0.05) is 5.16 Å². The van der Waals surface area contributed by atoms with Crippen molar-refractivity contribution < 1.29 is 13.7 Å². The molecule has 0 saturated heterocycles. The second-order valence-corrected chi connectivity index (χ2v) is 5.67. The predicted molar refractivity (Wildman–Crippen MR) is 88.7 cm³/mol. The van der Waals surface area contributed by atoms with Crippen LogP contribution in [0.15, 0.2) is 38.3 Å². The number of H-pyrrole nitrogens is 1. The Hall–Kier alpha value is -3.16. The summed E-state index contributed by atoms with van der Waals surface area (Å²) in [6.07, 6.45) is 3.69. The van der Waals surface area contributed by atoms with Crippen molar-refractivity contribution in [1.82, 2.24) is 20.4 Å². The number of nitrogens with zero attached hydrogens (tertiary/aromatic N) is 2. The first-order chi connectivity index (χ1) is 12.0. The van der Waals surface area contributed by atoms with Gasteiger partial charge >= 0.3 is 0 Å². The molecule has 0 aliphatic rings. The quantitative estimate of drug-likeness (QED) is 0.707. The van der Waals surface area contributed by atoms with Crippen molar-refractivity contribution in [2.75, 3.05) is 0 Å². The number of hydrogen-bond donors (Lipinski definition) is 2. The molecule has 0 unspecified atom stereocenters. The van der Waals surface area contributed by atoms with Crippen LogP contribution in [0.25, 0.3) is 11.6 Å². The molecule has 3 aromatic rings. The molecule has 0 atom stereocenters. The van der Waals surface area contributed by atoms with Gasteiger partial charge in [0.2, 0.25) is 17.6 Å². The molecule has 0 saturated carbocycles. The molecule has 0 radical (unpaired) electrons. The molecule has 2 N–H and O–H groups in total. The van der Waals surface area contributed by atoms with Gasteiger partial charge in [0, 0.05) is 35.9 Å². The minimum atomic E-state index is -0.168. The monoisotopic (exact) mass is 342 g/mol. The van der Waals surface area contributed by atoms with Crippen molar-refractivity contribution in [3.63, 3.8) is 0 Å². The summed E-state index contributed by atoms with van der Waals surface area (Å²) < 4.78 is 10.3. The molecule has 130 valence electrons. The van der Waals surface area contributed by atoms with E-state index in [4.69, 9.17) is 8.94 Å². The average Bonchev–Trinajstić information content (AvgIpc) is 3.28. The number of nitrogens with one attached hydrogen (secondary N) is 2. The first kappa shape index (κ1) is 16.7. The number of carbonyl (C=O) groups is 1. The van der Waals surface area contributed by atoms with Gasteiger partial charge in [-0.15, -0.1) is 0 Å². The lowest BCUT2D eigenvalue weighted by atomic mass is 10.1. The van der Waals surface area contributed by atoms with E-state index in [1.807, 2.05) is 0 Å². The smallest absolute Gasteiger partial charge is 0.238 e. The number of amides is 1. The minimum Gasteiger partial charge on any atom is -0.461 e. The van der Waals surface area contributed by atoms with Crippen molar-refractivity contribution in [1.29, 1.82) is 0 Å². The normalized spacial score (nSPS) is 10.8. The fourth-order valence-electron chi connectivity index (χ4n) is 2.34. The molecule has 0 aliphatic heterocycles. The second kappa shape index (κ2) is 7.16. The van der Waals surface area contributed by atoms with Gasteiger partial charge in [0.1, 0.15) is 0 Å². The zero-order valence-electron chi connectivity index (χ0n) is 14.0. The Labute approximate surface area is 143 Å². The van der Waals surface area contributed by atoms with Crippen molar-refractivity contribution >= 4 is 5.91 Å². The van der Waals surface area contributed by atoms with E-state index in [0.29, 0.717) is 40.7 Å². The third-order valence-corrected chi connectivity index (χ3v) is 3.85. The fraction of sp³-hybridized carbons (Fsp3) is 0.294. The number of rotatable bonds is 6. The Morgan fingerprint density at radius 3 is 2.96 bits per heavy atom. The Kier molecular flexibility index (Phi) is 4.78. The molecule has 3 heterocycles. The Morgan fingerprint density at radius 2 is 2.20 bits per heavy atom. The van der Waals surface area contributed by atoms with E-state index in [2.05, 4.69) is 20.4 Å². The molecule has 0 bridgehead atoms. The summed E-state index contributed by atoms with van der Waals surface area (Å²) in [6.45, 7) is 3.75. The maximum Gasteiger partial charge on any atom is 0.238 e. The molecular formula is C17H18N4O4. The Balaban J connectivity index is 1.52. The van der Waals surface area contributed by atoms with Gasteiger partial charge in [-0.3, -0.25) is 9.59 Å². The summed E-state index contributed by atoms with van der Waals surface area (Å²) in [6, 6.07) is 3.46. The van der Waals surface area contributed by atoms with Crippen LogP contribution in [0.2, 0.25) is 0 Å². The Bertz CT molecular complexity index is 925. The van der Waals surface area contributed by atoms with Crippen molar-refractivity contribution in [2.24, 2.45) is 0 Å². The van der Waals surface area contributed by atoms with E-state index in [9.17, 15) is 9.59 Å². The molecule has 25 heavy (non-hydrogen) atoms. The number of furan rings is 1. The van der Waals surface area contributed by atoms with Gasteiger partial charge < -0.3 is 19.2 Å². The van der Waals surface area contributed by atoms with Crippen LogP contribution in [0.4, 0.5) is 0 Å². The number of aromatic nitrogens is 3. The summed E-state index contributed by atoms with van der Waals surface area (Å²) in [7, 11) is 0. The maximum atomic E-state index is 12.0. The van der Waals surface area contributed by atoms with Crippen LogP contribution in [0.1, 0.15) is 29.1 Å². The van der Waals surface area contributed by atoms with E-state index in [0.717, 1.165) is 0 Å². The molecule has 0 spiro atoms. The number of carbonyl (C=O) groups excluding carboxylic acids is 1. The third-order valence-electron chi connectivity index (χ3n) is 3.85. The van der Waals surface area contributed by atoms with Gasteiger partial charge in [0.25, 0.3) is 0 Å². The summed E-state index contributed by atoms with van der Waals surface area (Å²) in [5, 5.41) is 6.58. The van der Waals surface area contributed by atoms with Crippen molar-refractivity contribution in [2.45, 2.75) is 33.2 Å². The minimum absolute atomic E-state index is 0.0145. The topological polar surface area (TPSA) is 114 Å². The van der Waals surface area contributed by atoms with Gasteiger partial charge in [0.05, 0.1) is 12.8 Å². The zero-order valence-corrected chi connectivity index (χ0v) is 14.0. The number of pyridine rings is 1. The number of hydrogen-bond acceptors (Lipinski definition) is 6. The molecule has 3 rings (SSSR count). The molecule has 0 aliphatic carbocycles. The van der Waals surface area contributed by atoms with E-state index < -0.39 is 0 Å². The summed E-state index contributed by atoms with van der Waals surface area (Å²) in [5.41, 5.74) is 1.94. The molecule has 8 nitrogen and oxygen atoms in total. The second-order valence-electron chi connectivity index (χ2n) is 5.67. The first-order valence-electron chi connectivity index (χ1n) is 7.85. The predicted octanol–water partition coefficient (Wildman–Crippen LogP) is 1.88. The zero-order chi connectivity index (χ0) is 17.8. The van der Waals surface area contributed by atoms with E-state index in [1.54, 1.807) is 32.2 Å². The third kappa shape index (κ3) is 3.85. The molecule has 3 aromatic heterocycles. The van der Waals surface area contributed by atoms with Crippen LogP contribution in [0, 0.1) is 13.8 Å². The summed E-state index contributed by atoms with van der Waals surface area (Å²) in [4.78, 5) is 31.1. The molecule has 0 fully saturated rings. The maximum absolute atomic E-state index is 12.0. The molecule has 0 aromatic carbocycles. The van der Waals surface area contributed by atoms with Gasteiger partial charge in [-0.05, 0) is 26.0 Å². The van der Waals surface area contributed by atoms with Crippen molar-refractivity contribution in [3.8, 4) is 11.6 Å². The lowest BCUT2D eigenvalue weighted by Gasteiger charge is -2.08. The van der Waals surface area contributed by atoms with Crippen LogP contribution in [0.5, 0.6) is 0 Å². The highest BCUT2D eigenvalue weighted by Gasteiger charge is 2.13. The van der Waals surface area contributed by atoms with E-state index in [-0.39, 0.29) is 24.3 Å². The molecule has 8 heteroatoms.